The predicted molar refractivity (Wildman–Crippen MR) is 102 cm³/mol. The van der Waals surface area contributed by atoms with Gasteiger partial charge in [0.2, 0.25) is 0 Å². The number of hydrogen-bond acceptors (Lipinski definition) is 6. The second kappa shape index (κ2) is 8.15. The lowest BCUT2D eigenvalue weighted by Gasteiger charge is -2.08. The highest BCUT2D eigenvalue weighted by Crippen LogP contribution is 2.29. The van der Waals surface area contributed by atoms with Crippen LogP contribution in [0.15, 0.2) is 48.7 Å². The zero-order valence-corrected chi connectivity index (χ0v) is 15.5. The minimum Gasteiger partial charge on any atom is -0.506 e. The molecule has 0 atom stereocenters. The van der Waals surface area contributed by atoms with Crippen molar-refractivity contribution in [2.24, 2.45) is 0 Å². The summed E-state index contributed by atoms with van der Waals surface area (Å²) in [6, 6.07) is 9.53. The molecular weight excluding hydrogens is 411 g/mol. The Morgan fingerprint density at radius 1 is 1.25 bits per heavy atom. The third-order valence-corrected chi connectivity index (χ3v) is 4.09. The van der Waals surface area contributed by atoms with E-state index in [1.807, 2.05) is 0 Å². The third kappa shape index (κ3) is 4.51. The van der Waals surface area contributed by atoms with E-state index in [9.17, 15) is 20.0 Å². The van der Waals surface area contributed by atoms with Gasteiger partial charge in [-0.2, -0.15) is 5.10 Å². The van der Waals surface area contributed by atoms with Gasteiger partial charge in [-0.15, -0.1) is 0 Å². The molecule has 0 saturated heterocycles. The zero-order valence-electron chi connectivity index (χ0n) is 14.0. The first kappa shape index (κ1) is 19.5. The molecule has 0 spiro atoms. The molecular formula is C17H12Cl2N4O5. The number of phenolic OH excluding ortho intramolecular Hbond substituents is 1. The number of benzene rings is 2. The van der Waals surface area contributed by atoms with Crippen molar-refractivity contribution in [2.75, 3.05) is 5.32 Å². The summed E-state index contributed by atoms with van der Waals surface area (Å²) in [4.78, 5) is 22.4. The van der Waals surface area contributed by atoms with Gasteiger partial charge in [0.25, 0.3) is 11.6 Å². The lowest BCUT2D eigenvalue weighted by molar-refractivity contribution is -0.384. The van der Waals surface area contributed by atoms with Gasteiger partial charge in [-0.1, -0.05) is 23.2 Å². The molecule has 1 heterocycles. The molecule has 9 nitrogen and oxygen atoms in total. The SMILES string of the molecule is O=C(Nc1cc(Cl)ccc1O)c1ccn(COc2ccc([N+](=O)[O-])cc2Cl)n1. The first-order chi connectivity index (χ1) is 13.3. The molecule has 2 N–H and O–H groups in total. The standard InChI is InChI=1S/C17H12Cl2N4O5/c18-10-1-3-15(24)14(7-10)20-17(25)13-5-6-22(21-13)9-28-16-4-2-11(23(26)27)8-12(16)19/h1-8,24H,9H2,(H,20,25). The van der Waals surface area contributed by atoms with E-state index < -0.39 is 10.8 Å². The number of nitrogens with one attached hydrogen (secondary N) is 1. The number of non-ortho nitro benzene ring substituents is 1. The van der Waals surface area contributed by atoms with Crippen molar-refractivity contribution in [1.29, 1.82) is 0 Å². The van der Waals surface area contributed by atoms with E-state index >= 15 is 0 Å². The maximum atomic E-state index is 12.3. The van der Waals surface area contributed by atoms with Crippen LogP contribution >= 0.6 is 23.2 Å². The summed E-state index contributed by atoms with van der Waals surface area (Å²) < 4.78 is 6.80. The maximum Gasteiger partial charge on any atom is 0.276 e. The molecule has 11 heteroatoms. The highest BCUT2D eigenvalue weighted by atomic mass is 35.5. The third-order valence-electron chi connectivity index (χ3n) is 3.56. The number of aromatic nitrogens is 2. The van der Waals surface area contributed by atoms with Crippen molar-refractivity contribution in [3.05, 3.63) is 74.5 Å². The van der Waals surface area contributed by atoms with Gasteiger partial charge in [0.15, 0.2) is 12.4 Å². The smallest absolute Gasteiger partial charge is 0.276 e. The van der Waals surface area contributed by atoms with Crippen molar-refractivity contribution in [2.45, 2.75) is 6.73 Å². The Morgan fingerprint density at radius 2 is 2.04 bits per heavy atom. The molecule has 1 aromatic heterocycles. The molecule has 0 aliphatic rings. The van der Waals surface area contributed by atoms with Crippen LogP contribution in [0.4, 0.5) is 11.4 Å². The van der Waals surface area contributed by atoms with Crippen LogP contribution < -0.4 is 10.1 Å². The van der Waals surface area contributed by atoms with E-state index in [0.717, 1.165) is 0 Å². The van der Waals surface area contributed by atoms with E-state index in [0.29, 0.717) is 5.02 Å². The summed E-state index contributed by atoms with van der Waals surface area (Å²) in [6.45, 7) is -0.0762. The summed E-state index contributed by atoms with van der Waals surface area (Å²) in [7, 11) is 0. The summed E-state index contributed by atoms with van der Waals surface area (Å²) in [5.74, 6) is -0.448. The molecule has 0 fully saturated rings. The lowest BCUT2D eigenvalue weighted by atomic mass is 10.3. The second-order valence-electron chi connectivity index (χ2n) is 5.50. The number of amides is 1. The predicted octanol–water partition coefficient (Wildman–Crippen LogP) is 4.09. The first-order valence-corrected chi connectivity index (χ1v) is 8.49. The molecule has 0 radical (unpaired) electrons. The molecule has 144 valence electrons. The quantitative estimate of drug-likeness (QED) is 0.350. The largest absolute Gasteiger partial charge is 0.506 e. The second-order valence-corrected chi connectivity index (χ2v) is 6.34. The van der Waals surface area contributed by atoms with E-state index in [-0.39, 0.29) is 40.3 Å². The van der Waals surface area contributed by atoms with Crippen LogP contribution in [0.3, 0.4) is 0 Å². The van der Waals surface area contributed by atoms with Crippen LogP contribution in [0.1, 0.15) is 10.5 Å². The van der Waals surface area contributed by atoms with Crippen LogP contribution in [0.5, 0.6) is 11.5 Å². The van der Waals surface area contributed by atoms with Crippen LogP contribution in [0.25, 0.3) is 0 Å². The molecule has 0 aliphatic carbocycles. The fourth-order valence-corrected chi connectivity index (χ4v) is 2.61. The van der Waals surface area contributed by atoms with E-state index in [4.69, 9.17) is 27.9 Å². The summed E-state index contributed by atoms with van der Waals surface area (Å²) in [5, 5.41) is 27.5. The van der Waals surface area contributed by atoms with Crippen LogP contribution in [-0.2, 0) is 6.73 Å². The molecule has 28 heavy (non-hydrogen) atoms. The van der Waals surface area contributed by atoms with E-state index in [1.54, 1.807) is 0 Å². The molecule has 0 saturated carbocycles. The van der Waals surface area contributed by atoms with Crippen molar-refractivity contribution in [3.63, 3.8) is 0 Å². The Balaban J connectivity index is 1.65. The Labute approximate surface area is 168 Å². The van der Waals surface area contributed by atoms with Gasteiger partial charge in [0.1, 0.15) is 11.5 Å². The van der Waals surface area contributed by atoms with Crippen LogP contribution in [-0.4, -0.2) is 25.7 Å². The Hall–Kier alpha value is -3.30. The molecule has 2 aromatic carbocycles. The van der Waals surface area contributed by atoms with Gasteiger partial charge in [-0.05, 0) is 30.3 Å². The average molecular weight is 423 g/mol. The number of hydrogen-bond donors (Lipinski definition) is 2. The van der Waals surface area contributed by atoms with E-state index in [2.05, 4.69) is 10.4 Å². The summed E-state index contributed by atoms with van der Waals surface area (Å²) in [6.07, 6.45) is 1.51. The van der Waals surface area contributed by atoms with Crippen LogP contribution in [0, 0.1) is 10.1 Å². The molecule has 1 amide bonds. The first-order valence-electron chi connectivity index (χ1n) is 7.73. The minimum absolute atomic E-state index is 0.0762. The molecule has 3 aromatic rings. The summed E-state index contributed by atoms with van der Waals surface area (Å²) >= 11 is 11.8. The van der Waals surface area contributed by atoms with Crippen molar-refractivity contribution in [1.82, 2.24) is 9.78 Å². The van der Waals surface area contributed by atoms with Crippen LogP contribution in [0.2, 0.25) is 10.0 Å². The van der Waals surface area contributed by atoms with Gasteiger partial charge in [-0.25, -0.2) is 4.68 Å². The van der Waals surface area contributed by atoms with Crippen molar-refractivity contribution < 1.29 is 19.6 Å². The molecule has 0 aliphatic heterocycles. The number of phenols is 1. The number of rotatable bonds is 6. The monoisotopic (exact) mass is 422 g/mol. The Bertz CT molecular complexity index is 1050. The normalized spacial score (nSPS) is 10.5. The molecule has 3 rings (SSSR count). The number of aromatic hydroxyl groups is 1. The van der Waals surface area contributed by atoms with Crippen molar-refractivity contribution in [3.8, 4) is 11.5 Å². The summed E-state index contributed by atoms with van der Waals surface area (Å²) in [5.41, 5.74) is 0.0819. The highest BCUT2D eigenvalue weighted by Gasteiger charge is 2.14. The van der Waals surface area contributed by atoms with E-state index in [1.165, 1.54) is 53.3 Å². The number of carbonyl (C=O) groups is 1. The fraction of sp³-hybridized carbons (Fsp3) is 0.0588. The molecule has 0 bridgehead atoms. The zero-order chi connectivity index (χ0) is 20.3. The number of nitrogens with zero attached hydrogens (tertiary/aromatic N) is 3. The number of halogens is 2. The fourth-order valence-electron chi connectivity index (χ4n) is 2.21. The van der Waals surface area contributed by atoms with Gasteiger partial charge < -0.3 is 15.2 Å². The number of anilines is 1. The number of carbonyl (C=O) groups excluding carboxylic acids is 1. The van der Waals surface area contributed by atoms with Gasteiger partial charge in [0, 0.05) is 23.4 Å². The van der Waals surface area contributed by atoms with Crippen molar-refractivity contribution >= 4 is 40.5 Å². The lowest BCUT2D eigenvalue weighted by Crippen LogP contribution is -2.14. The topological polar surface area (TPSA) is 120 Å². The molecule has 0 unspecified atom stereocenters. The Kier molecular flexibility index (Phi) is 5.67. The number of nitro groups is 1. The van der Waals surface area contributed by atoms with Gasteiger partial charge in [0.05, 0.1) is 15.6 Å². The number of ether oxygens (including phenoxy) is 1. The average Bonchev–Trinajstić information content (AvgIpc) is 3.12. The number of nitro benzene ring substituents is 1. The van der Waals surface area contributed by atoms with Gasteiger partial charge >= 0.3 is 0 Å². The highest BCUT2D eigenvalue weighted by molar-refractivity contribution is 6.32. The minimum atomic E-state index is -0.564. The Morgan fingerprint density at radius 3 is 2.75 bits per heavy atom. The van der Waals surface area contributed by atoms with Gasteiger partial charge in [-0.3, -0.25) is 14.9 Å². The maximum absolute atomic E-state index is 12.3.